The molecule has 0 bridgehead atoms. The number of hydrogen-bond donors (Lipinski definition) is 2. The molecule has 0 aliphatic carbocycles. The maximum Gasteiger partial charge on any atom is 0.365 e. The van der Waals surface area contributed by atoms with E-state index in [1.807, 2.05) is 5.43 Å². The number of amides is 2. The summed E-state index contributed by atoms with van der Waals surface area (Å²) in [6.45, 7) is 1.45. The number of carbonyl (C=O) groups excluding carboxylic acids is 2. The van der Waals surface area contributed by atoms with Crippen molar-refractivity contribution in [1.29, 1.82) is 0 Å². The Labute approximate surface area is 158 Å². The zero-order valence-corrected chi connectivity index (χ0v) is 14.8. The molecule has 0 fully saturated rings. The number of nitrogens with two attached hydrogens (primary N) is 1. The summed E-state index contributed by atoms with van der Waals surface area (Å²) in [7, 11) is 0. The Kier molecular flexibility index (Phi) is 5.11. The van der Waals surface area contributed by atoms with E-state index in [4.69, 9.17) is 22.3 Å². The first kappa shape index (κ1) is 18.8. The van der Waals surface area contributed by atoms with E-state index in [0.29, 0.717) is 0 Å². The number of rotatable bonds is 3. The average Bonchev–Trinajstić information content (AvgIpc) is 2.98. The predicted molar refractivity (Wildman–Crippen MR) is 93.2 cm³/mol. The van der Waals surface area contributed by atoms with Gasteiger partial charge in [-0.3, -0.25) is 10.2 Å². The van der Waals surface area contributed by atoms with Gasteiger partial charge >= 0.3 is 6.03 Å². The van der Waals surface area contributed by atoms with Gasteiger partial charge in [0.05, 0.1) is 5.57 Å². The monoisotopic (exact) mass is 393 g/mol. The third-order valence-corrected chi connectivity index (χ3v) is 4.40. The molecule has 2 aromatic carbocycles. The molecule has 3 N–H and O–H groups in total. The second-order valence-corrected chi connectivity index (χ2v) is 6.12. The van der Waals surface area contributed by atoms with Crippen LogP contribution in [0.15, 0.2) is 53.8 Å². The molecule has 1 atom stereocenters. The fourth-order valence-corrected chi connectivity index (χ4v) is 3.12. The van der Waals surface area contributed by atoms with E-state index in [-0.39, 0.29) is 27.5 Å². The molecule has 0 spiro atoms. The van der Waals surface area contributed by atoms with Gasteiger partial charge in [-0.25, -0.2) is 19.4 Å². The van der Waals surface area contributed by atoms with Crippen LogP contribution in [0.5, 0.6) is 0 Å². The van der Waals surface area contributed by atoms with E-state index in [2.05, 4.69) is 0 Å². The van der Waals surface area contributed by atoms with Crippen molar-refractivity contribution in [3.8, 4) is 0 Å². The third kappa shape index (κ3) is 3.36. The Hall–Kier alpha value is -2.97. The summed E-state index contributed by atoms with van der Waals surface area (Å²) in [6, 6.07) is 6.58. The van der Waals surface area contributed by atoms with Crippen LogP contribution in [0.25, 0.3) is 0 Å². The van der Waals surface area contributed by atoms with E-state index in [1.54, 1.807) is 0 Å². The zero-order chi connectivity index (χ0) is 19.7. The Morgan fingerprint density at radius 1 is 1.19 bits per heavy atom. The minimum Gasteiger partial charge on any atom is -0.379 e. The largest absolute Gasteiger partial charge is 0.379 e. The summed E-state index contributed by atoms with van der Waals surface area (Å²) in [4.78, 5) is 30.5. The van der Waals surface area contributed by atoms with Crippen LogP contribution >= 0.6 is 11.6 Å². The minimum absolute atomic E-state index is 0.00229. The molecule has 1 aliphatic heterocycles. The molecule has 1 heterocycles. The first-order valence-corrected chi connectivity index (χ1v) is 8.15. The molecule has 2 amide bonds. The molecule has 140 valence electrons. The number of hydrogen-bond acceptors (Lipinski definition) is 4. The molecule has 0 saturated heterocycles. The van der Waals surface area contributed by atoms with Crippen LogP contribution in [0.2, 0.25) is 5.02 Å². The quantitative estimate of drug-likeness (QED) is 0.361. The number of urea groups is 1. The summed E-state index contributed by atoms with van der Waals surface area (Å²) < 4.78 is 27.7. The first-order chi connectivity index (χ1) is 12.8. The van der Waals surface area contributed by atoms with Gasteiger partial charge in [-0.2, -0.15) is 0 Å². The van der Waals surface area contributed by atoms with Crippen LogP contribution in [0.1, 0.15) is 28.9 Å². The van der Waals surface area contributed by atoms with Crippen molar-refractivity contribution in [2.24, 2.45) is 5.84 Å². The van der Waals surface area contributed by atoms with Gasteiger partial charge in [0.25, 0.3) is 0 Å². The SMILES string of the molecule is CC1=C(C(=O)c2ccc(F)cc2)C(c2c(F)cccc2Cl)N(C(=O)NN)O1. The number of nitrogens with one attached hydrogen (secondary N) is 1. The van der Waals surface area contributed by atoms with Gasteiger partial charge in [0.2, 0.25) is 0 Å². The number of Topliss-reactive ketones (excluding diaryl/α,β-unsaturated/α-hetero) is 1. The van der Waals surface area contributed by atoms with Crippen molar-refractivity contribution < 1.29 is 23.2 Å². The van der Waals surface area contributed by atoms with E-state index in [9.17, 15) is 18.4 Å². The average molecular weight is 394 g/mol. The van der Waals surface area contributed by atoms with Crippen molar-refractivity contribution in [3.63, 3.8) is 0 Å². The Balaban J connectivity index is 2.15. The number of ketones is 1. The maximum absolute atomic E-state index is 14.5. The second-order valence-electron chi connectivity index (χ2n) is 5.71. The standard InChI is InChI=1S/C18H14ClF2N3O3/c1-9-14(17(25)10-5-7-11(20)8-6-10)16(24(27-9)18(26)23-22)15-12(19)3-2-4-13(15)21/h2-8,16H,22H2,1H3,(H,23,26). The van der Waals surface area contributed by atoms with Gasteiger partial charge in [0.15, 0.2) is 5.78 Å². The lowest BCUT2D eigenvalue weighted by Gasteiger charge is -2.25. The summed E-state index contributed by atoms with van der Waals surface area (Å²) in [5, 5.41) is 0.730. The van der Waals surface area contributed by atoms with Crippen LogP contribution in [-0.4, -0.2) is 16.9 Å². The van der Waals surface area contributed by atoms with Crippen LogP contribution in [0.4, 0.5) is 13.6 Å². The molecule has 3 rings (SSSR count). The first-order valence-electron chi connectivity index (χ1n) is 7.78. The smallest absolute Gasteiger partial charge is 0.365 e. The van der Waals surface area contributed by atoms with Gasteiger partial charge in [0.1, 0.15) is 23.4 Å². The van der Waals surface area contributed by atoms with E-state index >= 15 is 0 Å². The fourth-order valence-electron chi connectivity index (χ4n) is 2.86. The minimum atomic E-state index is -1.28. The summed E-state index contributed by atoms with van der Waals surface area (Å²) >= 11 is 6.14. The zero-order valence-electron chi connectivity index (χ0n) is 14.0. The summed E-state index contributed by atoms with van der Waals surface area (Å²) in [5.74, 6) is 3.42. The van der Waals surface area contributed by atoms with Crippen molar-refractivity contribution in [2.75, 3.05) is 0 Å². The molecule has 1 aliphatic rings. The number of carbonyl (C=O) groups is 2. The lowest BCUT2D eigenvalue weighted by atomic mass is 9.91. The molecular formula is C18H14ClF2N3O3. The highest BCUT2D eigenvalue weighted by Gasteiger charge is 2.43. The number of nitrogens with zero attached hydrogens (tertiary/aromatic N) is 1. The van der Waals surface area contributed by atoms with Crippen LogP contribution in [-0.2, 0) is 4.84 Å². The van der Waals surface area contributed by atoms with Gasteiger partial charge in [-0.1, -0.05) is 17.7 Å². The van der Waals surface area contributed by atoms with Gasteiger partial charge in [0, 0.05) is 16.1 Å². The molecule has 27 heavy (non-hydrogen) atoms. The number of hydrazine groups is 1. The van der Waals surface area contributed by atoms with Gasteiger partial charge < -0.3 is 4.84 Å². The molecular weight excluding hydrogens is 380 g/mol. The molecule has 0 aromatic heterocycles. The normalized spacial score (nSPS) is 16.3. The number of hydroxylamine groups is 2. The van der Waals surface area contributed by atoms with Crippen LogP contribution < -0.4 is 11.3 Å². The molecule has 9 heteroatoms. The van der Waals surface area contributed by atoms with E-state index in [0.717, 1.165) is 23.3 Å². The topological polar surface area (TPSA) is 84.7 Å². The fraction of sp³-hybridized carbons (Fsp3) is 0.111. The van der Waals surface area contributed by atoms with E-state index in [1.165, 1.54) is 31.2 Å². The summed E-state index contributed by atoms with van der Waals surface area (Å²) in [6.07, 6.45) is 0. The predicted octanol–water partition coefficient (Wildman–Crippen LogP) is 3.65. The highest BCUT2D eigenvalue weighted by molar-refractivity contribution is 6.31. The number of benzene rings is 2. The Morgan fingerprint density at radius 3 is 2.44 bits per heavy atom. The van der Waals surface area contributed by atoms with Crippen molar-refractivity contribution in [2.45, 2.75) is 13.0 Å². The second kappa shape index (κ2) is 7.34. The third-order valence-electron chi connectivity index (χ3n) is 4.07. The molecule has 2 aromatic rings. The highest BCUT2D eigenvalue weighted by atomic mass is 35.5. The number of halogens is 3. The van der Waals surface area contributed by atoms with Crippen molar-refractivity contribution in [1.82, 2.24) is 10.5 Å². The lowest BCUT2D eigenvalue weighted by molar-refractivity contribution is -0.0726. The van der Waals surface area contributed by atoms with E-state index < -0.39 is 29.5 Å². The highest BCUT2D eigenvalue weighted by Crippen LogP contribution is 2.43. The van der Waals surface area contributed by atoms with Crippen molar-refractivity contribution >= 4 is 23.4 Å². The lowest BCUT2D eigenvalue weighted by Crippen LogP contribution is -2.43. The maximum atomic E-state index is 14.5. The number of allylic oxidation sites excluding steroid dienone is 1. The Bertz CT molecular complexity index is 927. The molecule has 0 saturated carbocycles. The summed E-state index contributed by atoms with van der Waals surface area (Å²) in [5.41, 5.74) is 1.89. The van der Waals surface area contributed by atoms with Crippen LogP contribution in [0, 0.1) is 11.6 Å². The molecule has 1 unspecified atom stereocenters. The van der Waals surface area contributed by atoms with Crippen LogP contribution in [0.3, 0.4) is 0 Å². The Morgan fingerprint density at radius 2 is 1.85 bits per heavy atom. The molecule has 0 radical (unpaired) electrons. The molecule has 6 nitrogen and oxygen atoms in total. The van der Waals surface area contributed by atoms with Gasteiger partial charge in [-0.05, 0) is 43.3 Å². The van der Waals surface area contributed by atoms with Gasteiger partial charge in [-0.15, -0.1) is 5.06 Å². The van der Waals surface area contributed by atoms with Crippen molar-refractivity contribution in [3.05, 3.63) is 81.6 Å².